The van der Waals surface area contributed by atoms with Crippen LogP contribution in [-0.4, -0.2) is 21.6 Å². The predicted molar refractivity (Wildman–Crippen MR) is 100 cm³/mol. The number of pyridine rings is 1. The summed E-state index contributed by atoms with van der Waals surface area (Å²) in [7, 11) is 0. The number of halogens is 1. The minimum Gasteiger partial charge on any atom is -0.493 e. The predicted octanol–water partition coefficient (Wildman–Crippen LogP) is 4.10. The van der Waals surface area contributed by atoms with Crippen LogP contribution in [0.25, 0.3) is 11.4 Å². The van der Waals surface area contributed by atoms with E-state index in [1.807, 2.05) is 12.1 Å². The van der Waals surface area contributed by atoms with E-state index < -0.39 is 0 Å². The van der Waals surface area contributed by atoms with Crippen LogP contribution in [0.1, 0.15) is 35.7 Å². The minimum absolute atomic E-state index is 0.0330. The molecule has 5 rings (SSSR count). The van der Waals surface area contributed by atoms with E-state index in [4.69, 9.17) is 14.7 Å². The van der Waals surface area contributed by atoms with Gasteiger partial charge in [-0.1, -0.05) is 0 Å². The van der Waals surface area contributed by atoms with Crippen molar-refractivity contribution in [1.82, 2.24) is 15.0 Å². The van der Waals surface area contributed by atoms with Crippen LogP contribution >= 0.6 is 0 Å². The molecular formula is C21H19FN4O. The minimum atomic E-state index is -0.253. The lowest BCUT2D eigenvalue weighted by molar-refractivity contribution is 0.273. The molecule has 3 heterocycles. The number of rotatable bonds is 3. The molecule has 6 heteroatoms. The number of hydrogen-bond donors (Lipinski definition) is 1. The first-order valence-corrected chi connectivity index (χ1v) is 9.27. The highest BCUT2D eigenvalue weighted by Crippen LogP contribution is 2.37. The molecule has 0 spiro atoms. The van der Waals surface area contributed by atoms with Gasteiger partial charge in [-0.2, -0.15) is 0 Å². The lowest BCUT2D eigenvalue weighted by Crippen LogP contribution is -2.22. The average Bonchev–Trinajstić information content (AvgIpc) is 3.18. The quantitative estimate of drug-likeness (QED) is 0.760. The number of aromatic nitrogens is 3. The summed E-state index contributed by atoms with van der Waals surface area (Å²) < 4.78 is 19.5. The summed E-state index contributed by atoms with van der Waals surface area (Å²) in [5, 5.41) is 3.56. The maximum Gasteiger partial charge on any atom is 0.161 e. The highest BCUT2D eigenvalue weighted by atomic mass is 19.1. The molecule has 2 aliphatic rings. The second-order valence-corrected chi connectivity index (χ2v) is 6.93. The van der Waals surface area contributed by atoms with Crippen molar-refractivity contribution in [3.63, 3.8) is 0 Å². The van der Waals surface area contributed by atoms with E-state index in [0.29, 0.717) is 12.4 Å². The third kappa shape index (κ3) is 3.01. The van der Waals surface area contributed by atoms with Gasteiger partial charge in [-0.15, -0.1) is 0 Å². The topological polar surface area (TPSA) is 59.9 Å². The Kier molecular flexibility index (Phi) is 3.96. The maximum atomic E-state index is 13.8. The van der Waals surface area contributed by atoms with Crippen LogP contribution in [-0.2, 0) is 12.8 Å². The number of fused-ring (bicyclic) bond motifs is 2. The summed E-state index contributed by atoms with van der Waals surface area (Å²) >= 11 is 0. The fourth-order valence-corrected chi connectivity index (χ4v) is 3.86. The van der Waals surface area contributed by atoms with Crippen LogP contribution < -0.4 is 10.1 Å². The molecule has 0 fully saturated rings. The van der Waals surface area contributed by atoms with Crippen molar-refractivity contribution in [3.05, 3.63) is 65.4 Å². The van der Waals surface area contributed by atoms with Crippen LogP contribution in [0, 0.1) is 5.82 Å². The summed E-state index contributed by atoms with van der Waals surface area (Å²) in [6, 6.07) is 8.49. The van der Waals surface area contributed by atoms with Crippen molar-refractivity contribution in [2.75, 3.05) is 11.9 Å². The molecule has 0 bridgehead atoms. The Morgan fingerprint density at radius 2 is 1.96 bits per heavy atom. The smallest absolute Gasteiger partial charge is 0.161 e. The average molecular weight is 362 g/mol. The van der Waals surface area contributed by atoms with E-state index >= 15 is 0 Å². The zero-order valence-electron chi connectivity index (χ0n) is 14.8. The van der Waals surface area contributed by atoms with Gasteiger partial charge in [0.1, 0.15) is 17.4 Å². The molecule has 0 saturated heterocycles. The van der Waals surface area contributed by atoms with E-state index in [9.17, 15) is 4.39 Å². The lowest BCUT2D eigenvalue weighted by Gasteiger charge is -2.28. The highest BCUT2D eigenvalue weighted by Gasteiger charge is 2.26. The van der Waals surface area contributed by atoms with Gasteiger partial charge in [0.05, 0.1) is 12.6 Å². The summed E-state index contributed by atoms with van der Waals surface area (Å²) in [6.45, 7) is 0.598. The first-order valence-electron chi connectivity index (χ1n) is 9.27. The Labute approximate surface area is 156 Å². The van der Waals surface area contributed by atoms with Gasteiger partial charge in [-0.3, -0.25) is 4.98 Å². The first kappa shape index (κ1) is 16.2. The summed E-state index contributed by atoms with van der Waals surface area (Å²) in [5.41, 5.74) is 4.07. The van der Waals surface area contributed by atoms with Gasteiger partial charge < -0.3 is 10.1 Å². The van der Waals surface area contributed by atoms with E-state index in [-0.39, 0.29) is 11.9 Å². The molecular weight excluding hydrogens is 343 g/mol. The monoisotopic (exact) mass is 362 g/mol. The zero-order valence-corrected chi connectivity index (χ0v) is 14.8. The molecule has 5 nitrogen and oxygen atoms in total. The molecule has 0 amide bonds. The van der Waals surface area contributed by atoms with Crippen molar-refractivity contribution in [2.24, 2.45) is 0 Å². The third-order valence-electron chi connectivity index (χ3n) is 5.19. The third-order valence-corrected chi connectivity index (χ3v) is 5.19. The second kappa shape index (κ2) is 6.61. The fourth-order valence-electron chi connectivity index (χ4n) is 3.86. The van der Waals surface area contributed by atoms with Gasteiger partial charge in [0, 0.05) is 41.2 Å². The molecule has 1 unspecified atom stereocenters. The van der Waals surface area contributed by atoms with Crippen LogP contribution in [0.4, 0.5) is 10.2 Å². The Hall–Kier alpha value is -3.02. The SMILES string of the molecule is Fc1ccc2c(c1)C(Nc1nc(-c3ccncc3)nc3c1CCC3)CCO2. The number of ether oxygens (including phenoxy) is 1. The number of aryl methyl sites for hydroxylation is 1. The van der Waals surface area contributed by atoms with Gasteiger partial charge >= 0.3 is 0 Å². The van der Waals surface area contributed by atoms with Crippen molar-refractivity contribution in [1.29, 1.82) is 0 Å². The standard InChI is InChI=1S/C21H19FN4O/c22-14-4-5-19-16(12-14)18(8-11-27-19)25-21-15-2-1-3-17(15)24-20(26-21)13-6-9-23-10-7-13/h4-7,9-10,12,18H,1-3,8,11H2,(H,24,25,26). The summed E-state index contributed by atoms with van der Waals surface area (Å²) in [5.74, 6) is 2.04. The second-order valence-electron chi connectivity index (χ2n) is 6.93. The molecule has 3 aromatic rings. The fraction of sp³-hybridized carbons (Fsp3) is 0.286. The van der Waals surface area contributed by atoms with Crippen molar-refractivity contribution in [3.8, 4) is 17.1 Å². The number of nitrogens with one attached hydrogen (secondary N) is 1. The van der Waals surface area contributed by atoms with Crippen LogP contribution in [0.3, 0.4) is 0 Å². The number of hydrogen-bond acceptors (Lipinski definition) is 5. The Bertz CT molecular complexity index is 993. The van der Waals surface area contributed by atoms with Crippen molar-refractivity contribution >= 4 is 5.82 Å². The van der Waals surface area contributed by atoms with E-state index in [1.165, 1.54) is 11.6 Å². The maximum absolute atomic E-state index is 13.8. The number of anilines is 1. The van der Waals surface area contributed by atoms with Gasteiger partial charge in [0.25, 0.3) is 0 Å². The molecule has 1 atom stereocenters. The molecule has 2 aromatic heterocycles. The number of benzene rings is 1. The Morgan fingerprint density at radius 1 is 1.07 bits per heavy atom. The van der Waals surface area contributed by atoms with E-state index in [1.54, 1.807) is 24.5 Å². The van der Waals surface area contributed by atoms with Crippen molar-refractivity contribution in [2.45, 2.75) is 31.7 Å². The summed E-state index contributed by atoms with van der Waals surface area (Å²) in [6.07, 6.45) is 7.27. The van der Waals surface area contributed by atoms with Crippen LogP contribution in [0.2, 0.25) is 0 Å². The van der Waals surface area contributed by atoms with Crippen molar-refractivity contribution < 1.29 is 9.13 Å². The summed E-state index contributed by atoms with van der Waals surface area (Å²) in [4.78, 5) is 13.7. The molecule has 27 heavy (non-hydrogen) atoms. The normalized spacial score (nSPS) is 17.7. The van der Waals surface area contributed by atoms with Gasteiger partial charge in [0.2, 0.25) is 0 Å². The highest BCUT2D eigenvalue weighted by molar-refractivity contribution is 5.61. The Morgan fingerprint density at radius 3 is 2.85 bits per heavy atom. The molecule has 1 aromatic carbocycles. The van der Waals surface area contributed by atoms with Crippen LogP contribution in [0.5, 0.6) is 5.75 Å². The van der Waals surface area contributed by atoms with E-state index in [0.717, 1.165) is 54.1 Å². The molecule has 0 saturated carbocycles. The zero-order chi connectivity index (χ0) is 18.2. The van der Waals surface area contributed by atoms with E-state index in [2.05, 4.69) is 10.3 Å². The molecule has 136 valence electrons. The van der Waals surface area contributed by atoms with Gasteiger partial charge in [-0.05, 0) is 49.6 Å². The molecule has 1 aliphatic carbocycles. The van der Waals surface area contributed by atoms with Gasteiger partial charge in [-0.25, -0.2) is 14.4 Å². The first-order chi connectivity index (χ1) is 13.3. The molecule has 1 N–H and O–H groups in total. The Balaban J connectivity index is 1.55. The molecule has 1 aliphatic heterocycles. The van der Waals surface area contributed by atoms with Crippen LogP contribution in [0.15, 0.2) is 42.7 Å². The lowest BCUT2D eigenvalue weighted by atomic mass is 10.00. The number of nitrogens with zero attached hydrogens (tertiary/aromatic N) is 3. The molecule has 0 radical (unpaired) electrons. The van der Waals surface area contributed by atoms with Gasteiger partial charge in [0.15, 0.2) is 5.82 Å². The largest absolute Gasteiger partial charge is 0.493 e.